The Kier molecular flexibility index (Phi) is 3.61. The van der Waals surface area contributed by atoms with Gasteiger partial charge in [0.25, 0.3) is 5.56 Å². The lowest BCUT2D eigenvalue weighted by Crippen LogP contribution is -2.34. The highest BCUT2D eigenvalue weighted by Crippen LogP contribution is 1.90. The number of H-pyrrole nitrogens is 2. The van der Waals surface area contributed by atoms with E-state index in [9.17, 15) is 18.8 Å². The number of aromatic amines is 2. The lowest BCUT2D eigenvalue weighted by Gasteiger charge is -2.03. The average Bonchev–Trinajstić information content (AvgIpc) is 2.19. The van der Waals surface area contributed by atoms with Crippen LogP contribution in [0.3, 0.4) is 0 Å². The molecule has 0 fully saturated rings. The minimum atomic E-state index is -0.728. The van der Waals surface area contributed by atoms with Gasteiger partial charge in [-0.3, -0.25) is 9.78 Å². The fourth-order valence-corrected chi connectivity index (χ4v) is 0.830. The van der Waals surface area contributed by atoms with Gasteiger partial charge in [0.05, 0.1) is 0 Å². The third kappa shape index (κ3) is 3.25. The van der Waals surface area contributed by atoms with Crippen LogP contribution in [0.4, 0.5) is 14.9 Å². The zero-order valence-electron chi connectivity index (χ0n) is 7.59. The monoisotopic (exact) mass is 216 g/mol. The van der Waals surface area contributed by atoms with Gasteiger partial charge in [-0.25, -0.2) is 14.0 Å². The molecule has 8 heteroatoms. The third-order valence-electron chi connectivity index (χ3n) is 1.45. The molecule has 15 heavy (non-hydrogen) atoms. The second-order valence-electron chi connectivity index (χ2n) is 2.56. The maximum atomic E-state index is 11.7. The molecule has 4 N–H and O–H groups in total. The highest BCUT2D eigenvalue weighted by molar-refractivity contribution is 5.88. The van der Waals surface area contributed by atoms with Crippen LogP contribution in [-0.4, -0.2) is 29.2 Å². The molecule has 0 unspecified atom stereocenters. The summed E-state index contributed by atoms with van der Waals surface area (Å²) in [7, 11) is 0. The highest BCUT2D eigenvalue weighted by atomic mass is 19.1. The van der Waals surface area contributed by atoms with Crippen molar-refractivity contribution in [3.63, 3.8) is 0 Å². The number of alkyl halides is 1. The summed E-state index contributed by atoms with van der Waals surface area (Å²) in [6, 6.07) is -0.717. The van der Waals surface area contributed by atoms with Crippen LogP contribution in [0.2, 0.25) is 0 Å². The predicted molar refractivity (Wildman–Crippen MR) is 50.7 cm³/mol. The number of nitrogens with one attached hydrogen (secondary N) is 4. The van der Waals surface area contributed by atoms with E-state index in [1.54, 1.807) is 0 Å². The lowest BCUT2D eigenvalue weighted by molar-refractivity contribution is 0.251. The van der Waals surface area contributed by atoms with Gasteiger partial charge in [-0.2, -0.15) is 0 Å². The number of urea groups is 1. The molecule has 82 valence electrons. The van der Waals surface area contributed by atoms with Gasteiger partial charge in [0.1, 0.15) is 12.4 Å². The Hall–Kier alpha value is -2.12. The molecule has 0 saturated heterocycles. The minimum absolute atomic E-state index is 0.119. The topological polar surface area (TPSA) is 107 Å². The van der Waals surface area contributed by atoms with Gasteiger partial charge in [-0.15, -0.1) is 0 Å². The lowest BCUT2D eigenvalue weighted by atomic mass is 10.5. The molecule has 0 saturated carbocycles. The SMILES string of the molecule is O=C(NCCF)Nc1c[nH]c(=O)[nH]c1=O. The summed E-state index contributed by atoms with van der Waals surface area (Å²) >= 11 is 0. The van der Waals surface area contributed by atoms with Crippen LogP contribution in [0, 0.1) is 0 Å². The van der Waals surface area contributed by atoms with E-state index in [4.69, 9.17) is 0 Å². The number of hydrogen-bond donors (Lipinski definition) is 4. The molecule has 0 bridgehead atoms. The van der Waals surface area contributed by atoms with Crippen molar-refractivity contribution >= 4 is 11.7 Å². The van der Waals surface area contributed by atoms with Crippen LogP contribution in [0.15, 0.2) is 15.8 Å². The first-order chi connectivity index (χ1) is 7.13. The van der Waals surface area contributed by atoms with Gasteiger partial charge in [-0.05, 0) is 0 Å². The molecule has 0 aliphatic heterocycles. The first kappa shape index (κ1) is 11.0. The molecule has 1 rings (SSSR count). The first-order valence-corrected chi connectivity index (χ1v) is 4.06. The van der Waals surface area contributed by atoms with Gasteiger partial charge >= 0.3 is 11.7 Å². The number of aromatic nitrogens is 2. The Morgan fingerprint density at radius 2 is 2.20 bits per heavy atom. The summed E-state index contributed by atoms with van der Waals surface area (Å²) in [5.74, 6) is 0. The number of anilines is 1. The van der Waals surface area contributed by atoms with E-state index in [2.05, 4.69) is 15.6 Å². The second kappa shape index (κ2) is 4.94. The first-order valence-electron chi connectivity index (χ1n) is 4.06. The molecule has 2 amide bonds. The molecule has 0 radical (unpaired) electrons. The second-order valence-corrected chi connectivity index (χ2v) is 2.56. The van der Waals surface area contributed by atoms with E-state index >= 15 is 0 Å². The van der Waals surface area contributed by atoms with Crippen molar-refractivity contribution in [3.05, 3.63) is 27.0 Å². The normalized spacial score (nSPS) is 9.67. The summed E-state index contributed by atoms with van der Waals surface area (Å²) in [6.45, 7) is -0.845. The van der Waals surface area contributed by atoms with E-state index in [0.29, 0.717) is 0 Å². The molecule has 0 atom stereocenters. The van der Waals surface area contributed by atoms with Gasteiger partial charge in [0.2, 0.25) is 0 Å². The van der Waals surface area contributed by atoms with Crippen molar-refractivity contribution in [2.75, 3.05) is 18.5 Å². The maximum Gasteiger partial charge on any atom is 0.325 e. The molecular weight excluding hydrogens is 207 g/mol. The third-order valence-corrected chi connectivity index (χ3v) is 1.45. The number of halogens is 1. The van der Waals surface area contributed by atoms with Crippen LogP contribution in [0.5, 0.6) is 0 Å². The predicted octanol–water partition coefficient (Wildman–Crippen LogP) is -0.846. The highest BCUT2D eigenvalue weighted by Gasteiger charge is 2.04. The van der Waals surface area contributed by atoms with Gasteiger partial charge in [0.15, 0.2) is 0 Å². The Morgan fingerprint density at radius 3 is 2.80 bits per heavy atom. The van der Waals surface area contributed by atoms with Crippen LogP contribution in [0.1, 0.15) is 0 Å². The quantitative estimate of drug-likeness (QED) is 0.528. The molecule has 0 aliphatic rings. The molecule has 1 aromatic heterocycles. The van der Waals surface area contributed by atoms with E-state index in [1.165, 1.54) is 0 Å². The fraction of sp³-hybridized carbons (Fsp3) is 0.286. The minimum Gasteiger partial charge on any atom is -0.335 e. The van der Waals surface area contributed by atoms with Crippen LogP contribution in [0.25, 0.3) is 0 Å². The Bertz CT molecular complexity index is 452. The Balaban J connectivity index is 2.69. The van der Waals surface area contributed by atoms with E-state index < -0.39 is 24.0 Å². The van der Waals surface area contributed by atoms with Crippen LogP contribution in [-0.2, 0) is 0 Å². The average molecular weight is 216 g/mol. The largest absolute Gasteiger partial charge is 0.335 e. The number of amides is 2. The fourth-order valence-electron chi connectivity index (χ4n) is 0.830. The molecule has 0 aromatic carbocycles. The van der Waals surface area contributed by atoms with Crippen LogP contribution >= 0.6 is 0 Å². The van der Waals surface area contributed by atoms with E-state index in [-0.39, 0.29) is 12.2 Å². The summed E-state index contributed by atoms with van der Waals surface area (Å²) < 4.78 is 11.7. The number of hydrogen-bond acceptors (Lipinski definition) is 3. The summed E-state index contributed by atoms with van der Waals surface area (Å²) in [6.07, 6.45) is 1.05. The maximum absolute atomic E-state index is 11.7. The molecule has 7 nitrogen and oxygen atoms in total. The zero-order chi connectivity index (χ0) is 11.3. The van der Waals surface area contributed by atoms with E-state index in [0.717, 1.165) is 6.20 Å². The molecule has 1 heterocycles. The number of carbonyl (C=O) groups is 1. The molecule has 0 aliphatic carbocycles. The van der Waals surface area contributed by atoms with Crippen molar-refractivity contribution in [2.45, 2.75) is 0 Å². The van der Waals surface area contributed by atoms with E-state index in [1.807, 2.05) is 4.98 Å². The zero-order valence-corrected chi connectivity index (χ0v) is 7.59. The summed E-state index contributed by atoms with van der Waals surface area (Å²) in [5.41, 5.74) is -1.52. The van der Waals surface area contributed by atoms with Gasteiger partial charge < -0.3 is 15.6 Å². The molecular formula is C7H9FN4O3. The summed E-state index contributed by atoms with van der Waals surface area (Å²) in [5, 5.41) is 4.29. The van der Waals surface area contributed by atoms with Crippen molar-refractivity contribution < 1.29 is 9.18 Å². The number of rotatable bonds is 3. The Labute approximate surface area is 82.7 Å². The van der Waals surface area contributed by atoms with Gasteiger partial charge in [0, 0.05) is 12.7 Å². The standard InChI is InChI=1S/C7H9FN4O3/c8-1-2-9-6(14)11-4-3-10-7(15)12-5(4)13/h3H,1-2H2,(H2,9,11,14)(H2,10,12,13,15). The van der Waals surface area contributed by atoms with Crippen molar-refractivity contribution in [1.29, 1.82) is 0 Å². The van der Waals surface area contributed by atoms with Crippen molar-refractivity contribution in [3.8, 4) is 0 Å². The van der Waals surface area contributed by atoms with Crippen molar-refractivity contribution in [2.24, 2.45) is 0 Å². The van der Waals surface area contributed by atoms with Crippen molar-refractivity contribution in [1.82, 2.24) is 15.3 Å². The molecule has 1 aromatic rings. The smallest absolute Gasteiger partial charge is 0.325 e. The molecule has 0 spiro atoms. The summed E-state index contributed by atoms with van der Waals surface area (Å²) in [4.78, 5) is 36.7. The Morgan fingerprint density at radius 1 is 1.47 bits per heavy atom. The van der Waals surface area contributed by atoms with Crippen LogP contribution < -0.4 is 21.9 Å². The number of carbonyl (C=O) groups excluding carboxylic acids is 1. The van der Waals surface area contributed by atoms with Gasteiger partial charge in [-0.1, -0.05) is 0 Å².